The van der Waals surface area contributed by atoms with Crippen LogP contribution in [0.4, 0.5) is 0 Å². The van der Waals surface area contributed by atoms with E-state index in [0.717, 1.165) is 6.54 Å². The molecule has 2 unspecified atom stereocenters. The maximum Gasteiger partial charge on any atom is 0.221 e. The van der Waals surface area contributed by atoms with Crippen LogP contribution in [0.15, 0.2) is 0 Å². The van der Waals surface area contributed by atoms with Crippen LogP contribution < -0.4 is 10.6 Å². The lowest BCUT2D eigenvalue weighted by Crippen LogP contribution is -2.37. The summed E-state index contributed by atoms with van der Waals surface area (Å²) in [6, 6.07) is 0.901. The van der Waals surface area contributed by atoms with Crippen molar-refractivity contribution in [3.8, 4) is 0 Å². The SMILES string of the molecule is CCCCCCC(C)NC1CNC(=O)C1. The molecular weight excluding hydrogens is 188 g/mol. The molecule has 0 radical (unpaired) electrons. The highest BCUT2D eigenvalue weighted by Gasteiger charge is 2.21. The monoisotopic (exact) mass is 212 g/mol. The molecule has 1 rings (SSSR count). The fourth-order valence-electron chi connectivity index (χ4n) is 2.09. The van der Waals surface area contributed by atoms with E-state index in [-0.39, 0.29) is 5.91 Å². The highest BCUT2D eigenvalue weighted by atomic mass is 16.1. The first-order chi connectivity index (χ1) is 7.22. The van der Waals surface area contributed by atoms with Gasteiger partial charge in [0, 0.05) is 25.0 Å². The topological polar surface area (TPSA) is 41.1 Å². The van der Waals surface area contributed by atoms with Crippen molar-refractivity contribution < 1.29 is 4.79 Å². The van der Waals surface area contributed by atoms with E-state index in [9.17, 15) is 4.79 Å². The molecule has 0 bridgehead atoms. The maximum atomic E-state index is 11.0. The summed E-state index contributed by atoms with van der Waals surface area (Å²) >= 11 is 0. The molecule has 3 heteroatoms. The van der Waals surface area contributed by atoms with Gasteiger partial charge in [-0.25, -0.2) is 0 Å². The molecule has 1 aliphatic heterocycles. The highest BCUT2D eigenvalue weighted by Crippen LogP contribution is 2.07. The van der Waals surface area contributed by atoms with Gasteiger partial charge in [-0.2, -0.15) is 0 Å². The van der Waals surface area contributed by atoms with Crippen LogP contribution >= 0.6 is 0 Å². The average Bonchev–Trinajstić information content (AvgIpc) is 2.59. The second-order valence-corrected chi connectivity index (χ2v) is 4.62. The van der Waals surface area contributed by atoms with E-state index in [4.69, 9.17) is 0 Å². The Morgan fingerprint density at radius 2 is 2.27 bits per heavy atom. The van der Waals surface area contributed by atoms with E-state index in [2.05, 4.69) is 24.5 Å². The molecule has 0 aliphatic carbocycles. The van der Waals surface area contributed by atoms with Gasteiger partial charge >= 0.3 is 0 Å². The lowest BCUT2D eigenvalue weighted by Gasteiger charge is -2.17. The Hall–Kier alpha value is -0.570. The summed E-state index contributed by atoms with van der Waals surface area (Å²) in [5.41, 5.74) is 0. The highest BCUT2D eigenvalue weighted by molar-refractivity contribution is 5.78. The van der Waals surface area contributed by atoms with E-state index in [1.54, 1.807) is 0 Å². The molecule has 1 aliphatic rings. The van der Waals surface area contributed by atoms with Crippen LogP contribution in [0.3, 0.4) is 0 Å². The molecule has 1 saturated heterocycles. The third kappa shape index (κ3) is 5.17. The molecule has 0 aromatic rings. The van der Waals surface area contributed by atoms with E-state index >= 15 is 0 Å². The number of nitrogens with one attached hydrogen (secondary N) is 2. The summed E-state index contributed by atoms with van der Waals surface area (Å²) in [5, 5.41) is 6.35. The van der Waals surface area contributed by atoms with Gasteiger partial charge in [0.2, 0.25) is 5.91 Å². The van der Waals surface area contributed by atoms with Gasteiger partial charge in [0.1, 0.15) is 0 Å². The predicted molar refractivity (Wildman–Crippen MR) is 62.8 cm³/mol. The van der Waals surface area contributed by atoms with Gasteiger partial charge in [-0.3, -0.25) is 4.79 Å². The molecule has 0 spiro atoms. The Labute approximate surface area is 93.0 Å². The van der Waals surface area contributed by atoms with E-state index in [0.29, 0.717) is 18.5 Å². The summed E-state index contributed by atoms with van der Waals surface area (Å²) in [6.45, 7) is 5.25. The standard InChI is InChI=1S/C12H24N2O/c1-3-4-5-6-7-10(2)14-11-8-12(15)13-9-11/h10-11,14H,3-9H2,1-2H3,(H,13,15). The molecule has 88 valence electrons. The Kier molecular flexibility index (Phi) is 5.69. The van der Waals surface area contributed by atoms with Gasteiger partial charge in [-0.05, 0) is 13.3 Å². The number of hydrogen-bond acceptors (Lipinski definition) is 2. The van der Waals surface area contributed by atoms with Crippen molar-refractivity contribution in [2.24, 2.45) is 0 Å². The van der Waals surface area contributed by atoms with E-state index in [1.807, 2.05) is 0 Å². The Morgan fingerprint density at radius 3 is 2.87 bits per heavy atom. The van der Waals surface area contributed by atoms with Crippen LogP contribution in [0.2, 0.25) is 0 Å². The van der Waals surface area contributed by atoms with E-state index in [1.165, 1.54) is 32.1 Å². The molecular formula is C12H24N2O. The second-order valence-electron chi connectivity index (χ2n) is 4.62. The van der Waals surface area contributed by atoms with Gasteiger partial charge < -0.3 is 10.6 Å². The third-order valence-corrected chi connectivity index (χ3v) is 2.99. The Morgan fingerprint density at radius 1 is 1.47 bits per heavy atom. The zero-order chi connectivity index (χ0) is 11.1. The van der Waals surface area contributed by atoms with Gasteiger partial charge in [-0.15, -0.1) is 0 Å². The van der Waals surface area contributed by atoms with Crippen molar-refractivity contribution in [1.82, 2.24) is 10.6 Å². The minimum Gasteiger partial charge on any atom is -0.354 e. The first kappa shape index (κ1) is 12.5. The first-order valence-corrected chi connectivity index (χ1v) is 6.25. The average molecular weight is 212 g/mol. The molecule has 3 nitrogen and oxygen atoms in total. The van der Waals surface area contributed by atoms with Crippen molar-refractivity contribution in [2.75, 3.05) is 6.54 Å². The largest absolute Gasteiger partial charge is 0.354 e. The normalized spacial score (nSPS) is 22.8. The van der Waals surface area contributed by atoms with Crippen LogP contribution in [0, 0.1) is 0 Å². The summed E-state index contributed by atoms with van der Waals surface area (Å²) in [6.07, 6.45) is 7.16. The number of amides is 1. The van der Waals surface area contributed by atoms with Crippen LogP contribution in [0.25, 0.3) is 0 Å². The number of carbonyl (C=O) groups excluding carboxylic acids is 1. The summed E-state index contributed by atoms with van der Waals surface area (Å²) in [4.78, 5) is 11.0. The maximum absolute atomic E-state index is 11.0. The molecule has 2 atom stereocenters. The number of unbranched alkanes of at least 4 members (excludes halogenated alkanes) is 3. The number of carbonyl (C=O) groups is 1. The fourth-order valence-corrected chi connectivity index (χ4v) is 2.09. The molecule has 1 heterocycles. The van der Waals surface area contributed by atoms with E-state index < -0.39 is 0 Å². The van der Waals surface area contributed by atoms with Crippen LogP contribution in [-0.2, 0) is 4.79 Å². The molecule has 0 saturated carbocycles. The van der Waals surface area contributed by atoms with Crippen molar-refractivity contribution in [3.63, 3.8) is 0 Å². The number of hydrogen-bond donors (Lipinski definition) is 2. The molecule has 0 aromatic carbocycles. The molecule has 1 fully saturated rings. The predicted octanol–water partition coefficient (Wildman–Crippen LogP) is 1.82. The quantitative estimate of drug-likeness (QED) is 0.632. The summed E-state index contributed by atoms with van der Waals surface area (Å²) in [5.74, 6) is 0.186. The third-order valence-electron chi connectivity index (χ3n) is 2.99. The zero-order valence-corrected chi connectivity index (χ0v) is 10.0. The smallest absolute Gasteiger partial charge is 0.221 e. The van der Waals surface area contributed by atoms with Gasteiger partial charge in [0.25, 0.3) is 0 Å². The summed E-state index contributed by atoms with van der Waals surface area (Å²) < 4.78 is 0. The van der Waals surface area contributed by atoms with Crippen molar-refractivity contribution >= 4 is 5.91 Å². The lowest BCUT2D eigenvalue weighted by molar-refractivity contribution is -0.119. The van der Waals surface area contributed by atoms with Crippen molar-refractivity contribution in [1.29, 1.82) is 0 Å². The Bertz CT molecular complexity index is 194. The van der Waals surface area contributed by atoms with Crippen LogP contribution in [0.1, 0.15) is 52.4 Å². The van der Waals surface area contributed by atoms with Gasteiger partial charge in [0.15, 0.2) is 0 Å². The van der Waals surface area contributed by atoms with Crippen molar-refractivity contribution in [2.45, 2.75) is 64.5 Å². The molecule has 0 aromatic heterocycles. The molecule has 2 N–H and O–H groups in total. The van der Waals surface area contributed by atoms with Gasteiger partial charge in [-0.1, -0.05) is 32.6 Å². The first-order valence-electron chi connectivity index (χ1n) is 6.25. The Balaban J connectivity index is 2.02. The second kappa shape index (κ2) is 6.83. The fraction of sp³-hybridized carbons (Fsp3) is 0.917. The number of rotatable bonds is 7. The van der Waals surface area contributed by atoms with Crippen LogP contribution in [-0.4, -0.2) is 24.5 Å². The lowest BCUT2D eigenvalue weighted by atomic mass is 10.1. The zero-order valence-electron chi connectivity index (χ0n) is 10.0. The minimum atomic E-state index is 0.186. The van der Waals surface area contributed by atoms with Gasteiger partial charge in [0.05, 0.1) is 0 Å². The minimum absolute atomic E-state index is 0.186. The molecule has 1 amide bonds. The summed E-state index contributed by atoms with van der Waals surface area (Å²) in [7, 11) is 0. The van der Waals surface area contributed by atoms with Crippen molar-refractivity contribution in [3.05, 3.63) is 0 Å². The molecule has 15 heavy (non-hydrogen) atoms. The van der Waals surface area contributed by atoms with Crippen LogP contribution in [0.5, 0.6) is 0 Å².